The number of hydrogen-bond acceptors (Lipinski definition) is 4. The predicted molar refractivity (Wildman–Crippen MR) is 46.5 cm³/mol. The molecule has 0 saturated heterocycles. The summed E-state index contributed by atoms with van der Waals surface area (Å²) >= 11 is 1.49. The van der Waals surface area contributed by atoms with Gasteiger partial charge in [0.2, 0.25) is 0 Å². The summed E-state index contributed by atoms with van der Waals surface area (Å²) in [5, 5.41) is 9.38. The van der Waals surface area contributed by atoms with Crippen LogP contribution in [0, 0.1) is 0 Å². The molecule has 11 heavy (non-hydrogen) atoms. The smallest absolute Gasteiger partial charge is 0.0981 e. The highest BCUT2D eigenvalue weighted by Crippen LogP contribution is 2.15. The first-order valence-corrected chi connectivity index (χ1v) is 4.26. The lowest BCUT2D eigenvalue weighted by molar-refractivity contribution is 0.322. The summed E-state index contributed by atoms with van der Waals surface area (Å²) in [4.78, 5) is 4.05. The molecule has 0 aliphatic rings. The predicted octanol–water partition coefficient (Wildman–Crippen LogP) is 0.748. The van der Waals surface area contributed by atoms with Crippen LogP contribution >= 0.6 is 11.8 Å². The lowest BCUT2D eigenvalue weighted by atomic mass is 10.4. The highest BCUT2D eigenvalue weighted by molar-refractivity contribution is 7.99. The van der Waals surface area contributed by atoms with Crippen molar-refractivity contribution in [2.45, 2.75) is 5.03 Å². The van der Waals surface area contributed by atoms with Crippen LogP contribution < -0.4 is 5.73 Å². The number of nitrogen functional groups attached to an aromatic ring is 1. The van der Waals surface area contributed by atoms with E-state index in [1.807, 2.05) is 0 Å². The Morgan fingerprint density at radius 2 is 2.45 bits per heavy atom. The van der Waals surface area contributed by atoms with Crippen molar-refractivity contribution in [2.24, 2.45) is 0 Å². The number of hydrogen-bond donors (Lipinski definition) is 2. The Labute approximate surface area is 69.6 Å². The lowest BCUT2D eigenvalue weighted by Crippen LogP contribution is -1.90. The van der Waals surface area contributed by atoms with E-state index in [1.54, 1.807) is 18.3 Å². The Kier molecular flexibility index (Phi) is 3.19. The van der Waals surface area contributed by atoms with Crippen LogP contribution in [0.15, 0.2) is 23.4 Å². The van der Waals surface area contributed by atoms with E-state index in [0.29, 0.717) is 11.4 Å². The summed E-state index contributed by atoms with van der Waals surface area (Å²) in [6, 6.07) is 3.53. The summed E-state index contributed by atoms with van der Waals surface area (Å²) in [6.45, 7) is 0.168. The summed E-state index contributed by atoms with van der Waals surface area (Å²) in [5.74, 6) is 0.663. The van der Waals surface area contributed by atoms with Gasteiger partial charge < -0.3 is 10.8 Å². The highest BCUT2D eigenvalue weighted by atomic mass is 32.2. The molecule has 0 atom stereocenters. The van der Waals surface area contributed by atoms with E-state index in [2.05, 4.69) is 4.98 Å². The van der Waals surface area contributed by atoms with Crippen molar-refractivity contribution in [1.29, 1.82) is 0 Å². The van der Waals surface area contributed by atoms with E-state index in [9.17, 15) is 0 Å². The summed E-state index contributed by atoms with van der Waals surface area (Å²) in [5.41, 5.74) is 6.22. The first kappa shape index (κ1) is 8.36. The number of aliphatic hydroxyl groups excluding tert-OH is 1. The second-order valence-corrected chi connectivity index (χ2v) is 3.11. The third-order valence-corrected chi connectivity index (χ3v) is 2.01. The van der Waals surface area contributed by atoms with Gasteiger partial charge >= 0.3 is 0 Å². The summed E-state index contributed by atoms with van der Waals surface area (Å²) in [6.07, 6.45) is 1.66. The number of aromatic nitrogens is 1. The Hall–Kier alpha value is -0.740. The molecule has 0 aromatic carbocycles. The van der Waals surface area contributed by atoms with Crippen LogP contribution in [0.4, 0.5) is 5.69 Å². The zero-order valence-corrected chi connectivity index (χ0v) is 6.84. The topological polar surface area (TPSA) is 59.1 Å². The van der Waals surface area contributed by atoms with Crippen LogP contribution in [0.2, 0.25) is 0 Å². The molecule has 0 spiro atoms. The number of aliphatic hydroxyl groups is 1. The first-order valence-electron chi connectivity index (χ1n) is 3.28. The zero-order chi connectivity index (χ0) is 8.10. The average Bonchev–Trinajstić information content (AvgIpc) is 2.01. The molecule has 0 unspecified atom stereocenters. The van der Waals surface area contributed by atoms with Crippen molar-refractivity contribution < 1.29 is 5.11 Å². The van der Waals surface area contributed by atoms with Gasteiger partial charge in [0.05, 0.1) is 11.6 Å². The van der Waals surface area contributed by atoms with E-state index in [0.717, 1.165) is 5.03 Å². The third kappa shape index (κ3) is 2.78. The number of thioether (sulfide) groups is 1. The fourth-order valence-electron chi connectivity index (χ4n) is 0.654. The maximum absolute atomic E-state index is 8.52. The quantitative estimate of drug-likeness (QED) is 0.657. The molecular formula is C7H10N2OS. The molecule has 0 aliphatic heterocycles. The summed E-state index contributed by atoms with van der Waals surface area (Å²) < 4.78 is 0. The monoisotopic (exact) mass is 170 g/mol. The maximum Gasteiger partial charge on any atom is 0.0981 e. The van der Waals surface area contributed by atoms with Crippen LogP contribution in [0.5, 0.6) is 0 Å². The van der Waals surface area contributed by atoms with Gasteiger partial charge in [0.25, 0.3) is 0 Å². The minimum absolute atomic E-state index is 0.168. The fraction of sp³-hybridized carbons (Fsp3) is 0.286. The zero-order valence-electron chi connectivity index (χ0n) is 6.03. The second kappa shape index (κ2) is 4.20. The van der Waals surface area contributed by atoms with Crippen molar-refractivity contribution >= 4 is 17.4 Å². The molecule has 1 rings (SSSR count). The molecule has 3 nitrogen and oxygen atoms in total. The molecule has 3 N–H and O–H groups in total. The number of nitrogens with two attached hydrogens (primary N) is 1. The van der Waals surface area contributed by atoms with Crippen LogP contribution in [-0.2, 0) is 0 Å². The molecule has 4 heteroatoms. The number of anilines is 1. The Bertz CT molecular complexity index is 229. The van der Waals surface area contributed by atoms with Crippen LogP contribution in [0.25, 0.3) is 0 Å². The average molecular weight is 170 g/mol. The van der Waals surface area contributed by atoms with Crippen molar-refractivity contribution in [1.82, 2.24) is 4.98 Å². The molecule has 60 valence electrons. The molecule has 1 heterocycles. The molecule has 0 fully saturated rings. The van der Waals surface area contributed by atoms with Gasteiger partial charge in [0, 0.05) is 17.6 Å². The van der Waals surface area contributed by atoms with E-state index in [-0.39, 0.29) is 6.61 Å². The van der Waals surface area contributed by atoms with Gasteiger partial charge in [-0.05, 0) is 12.1 Å². The summed E-state index contributed by atoms with van der Waals surface area (Å²) in [7, 11) is 0. The van der Waals surface area contributed by atoms with Gasteiger partial charge in [-0.2, -0.15) is 0 Å². The molecule has 0 bridgehead atoms. The van der Waals surface area contributed by atoms with Gasteiger partial charge in [0.1, 0.15) is 0 Å². The van der Waals surface area contributed by atoms with Gasteiger partial charge in [0.15, 0.2) is 0 Å². The van der Waals surface area contributed by atoms with Crippen molar-refractivity contribution in [3.63, 3.8) is 0 Å². The molecule has 0 amide bonds. The number of pyridine rings is 1. The van der Waals surface area contributed by atoms with Gasteiger partial charge in [-0.1, -0.05) is 0 Å². The van der Waals surface area contributed by atoms with Crippen LogP contribution in [-0.4, -0.2) is 22.5 Å². The van der Waals surface area contributed by atoms with Crippen LogP contribution in [0.1, 0.15) is 0 Å². The minimum atomic E-state index is 0.168. The standard InChI is InChI=1S/C7H10N2OS/c8-6-1-2-9-7(5-6)11-4-3-10/h1-2,5,10H,3-4H2,(H2,8,9). The van der Waals surface area contributed by atoms with Gasteiger partial charge in [-0.3, -0.25) is 0 Å². The molecular weight excluding hydrogens is 160 g/mol. The van der Waals surface area contributed by atoms with Crippen molar-refractivity contribution in [3.05, 3.63) is 18.3 Å². The largest absolute Gasteiger partial charge is 0.399 e. The highest BCUT2D eigenvalue weighted by Gasteiger charge is 1.93. The molecule has 0 saturated carbocycles. The third-order valence-electron chi connectivity index (χ3n) is 1.10. The van der Waals surface area contributed by atoms with E-state index in [4.69, 9.17) is 10.8 Å². The van der Waals surface area contributed by atoms with Gasteiger partial charge in [-0.25, -0.2) is 4.98 Å². The van der Waals surface area contributed by atoms with Crippen molar-refractivity contribution in [2.75, 3.05) is 18.1 Å². The Balaban J connectivity index is 2.56. The van der Waals surface area contributed by atoms with E-state index < -0.39 is 0 Å². The molecule has 0 radical (unpaired) electrons. The minimum Gasteiger partial charge on any atom is -0.399 e. The molecule has 0 aliphatic carbocycles. The number of nitrogens with zero attached hydrogens (tertiary/aromatic N) is 1. The Morgan fingerprint density at radius 1 is 1.64 bits per heavy atom. The molecule has 1 aromatic rings. The second-order valence-electron chi connectivity index (χ2n) is 2.00. The van der Waals surface area contributed by atoms with E-state index in [1.165, 1.54) is 11.8 Å². The number of rotatable bonds is 3. The lowest BCUT2D eigenvalue weighted by Gasteiger charge is -1.98. The fourth-order valence-corrected chi connectivity index (χ4v) is 1.31. The van der Waals surface area contributed by atoms with E-state index >= 15 is 0 Å². The van der Waals surface area contributed by atoms with Gasteiger partial charge in [-0.15, -0.1) is 11.8 Å². The SMILES string of the molecule is Nc1ccnc(SCCO)c1. The maximum atomic E-state index is 8.52. The first-order chi connectivity index (χ1) is 5.33. The van der Waals surface area contributed by atoms with Crippen LogP contribution in [0.3, 0.4) is 0 Å². The molecule has 1 aromatic heterocycles. The van der Waals surface area contributed by atoms with Crippen molar-refractivity contribution in [3.8, 4) is 0 Å². The normalized spacial score (nSPS) is 9.91. The Morgan fingerprint density at radius 3 is 3.09 bits per heavy atom.